The van der Waals surface area contributed by atoms with Crippen molar-refractivity contribution in [3.8, 4) is 11.3 Å². The van der Waals surface area contributed by atoms with E-state index in [1.165, 1.54) is 23.1 Å². The number of hydrogen-bond donors (Lipinski definition) is 2. The average molecular weight is 658 g/mol. The topological polar surface area (TPSA) is 129 Å². The van der Waals surface area contributed by atoms with Gasteiger partial charge in [0.15, 0.2) is 5.17 Å². The minimum Gasteiger partial charge on any atom is -0.478 e. The number of nitrogens with zero attached hydrogens (tertiary/aromatic N) is 2. The number of amidine groups is 1. The number of allylic oxidation sites excluding steroid dienone is 4. The number of nitrogens with one attached hydrogen (secondary N) is 1. The predicted molar refractivity (Wildman–Crippen MR) is 187 cm³/mol. The van der Waals surface area contributed by atoms with Crippen LogP contribution in [0.1, 0.15) is 40.2 Å². The smallest absolute Gasteiger partial charge is 0.336 e. The maximum absolute atomic E-state index is 13.9. The standard InChI is InChI=1S/C38H31N3O6S/c1-3-5-18-27(4-2)41-36(44)31(23-28-21-22-32(47-28)29-19-12-13-20-30(29)37(45)46)35(43)40-38(41)48-24-33(42)39-34(25-14-8-6-9-15-25)26-16-10-7-11-17-26/h3-23,34H,1,24H2,2H3,(H,39,42)(H,45,46)/b18-5-,27-4+,31-23+. The zero-order valence-electron chi connectivity index (χ0n) is 25.9. The molecule has 10 heteroatoms. The molecule has 9 nitrogen and oxygen atoms in total. The van der Waals surface area contributed by atoms with Crippen molar-refractivity contribution in [3.05, 3.63) is 162 Å². The Balaban J connectivity index is 1.42. The molecule has 0 saturated carbocycles. The van der Waals surface area contributed by atoms with Gasteiger partial charge >= 0.3 is 5.97 Å². The van der Waals surface area contributed by atoms with Crippen LogP contribution in [0, 0.1) is 0 Å². The molecular formula is C38H31N3O6S. The third-order valence-corrected chi connectivity index (χ3v) is 8.19. The lowest BCUT2D eigenvalue weighted by atomic mass is 9.99. The normalized spacial score (nSPS) is 14.5. The fraction of sp³-hybridized carbons (Fsp3) is 0.0789. The van der Waals surface area contributed by atoms with Gasteiger partial charge in [-0.1, -0.05) is 115 Å². The van der Waals surface area contributed by atoms with Crippen molar-refractivity contribution >= 4 is 46.7 Å². The number of furan rings is 1. The number of benzene rings is 3. The number of carboxylic acids is 1. The van der Waals surface area contributed by atoms with Gasteiger partial charge in [0.2, 0.25) is 5.91 Å². The second kappa shape index (κ2) is 15.5. The molecule has 5 rings (SSSR count). The van der Waals surface area contributed by atoms with Crippen LogP contribution in [0.5, 0.6) is 0 Å². The van der Waals surface area contributed by atoms with E-state index in [2.05, 4.69) is 16.9 Å². The summed E-state index contributed by atoms with van der Waals surface area (Å²) < 4.78 is 5.85. The van der Waals surface area contributed by atoms with Crippen LogP contribution >= 0.6 is 11.8 Å². The van der Waals surface area contributed by atoms with E-state index in [4.69, 9.17) is 4.42 Å². The molecule has 48 heavy (non-hydrogen) atoms. The number of aliphatic imine (C=N–C) groups is 1. The second-order valence-corrected chi connectivity index (χ2v) is 11.3. The maximum atomic E-state index is 13.9. The Morgan fingerprint density at radius 2 is 1.60 bits per heavy atom. The van der Waals surface area contributed by atoms with E-state index in [0.29, 0.717) is 11.3 Å². The third kappa shape index (κ3) is 7.68. The van der Waals surface area contributed by atoms with Crippen LogP contribution in [-0.4, -0.2) is 44.6 Å². The van der Waals surface area contributed by atoms with E-state index in [9.17, 15) is 24.3 Å². The van der Waals surface area contributed by atoms with Gasteiger partial charge in [0, 0.05) is 11.3 Å². The van der Waals surface area contributed by atoms with Crippen LogP contribution in [0.15, 0.2) is 149 Å². The van der Waals surface area contributed by atoms with Gasteiger partial charge < -0.3 is 14.8 Å². The molecule has 3 amide bonds. The highest BCUT2D eigenvalue weighted by Gasteiger charge is 2.35. The number of aromatic carboxylic acids is 1. The molecule has 2 N–H and O–H groups in total. The van der Waals surface area contributed by atoms with Gasteiger partial charge in [-0.15, -0.1) is 0 Å². The lowest BCUT2D eigenvalue weighted by Gasteiger charge is -2.28. The summed E-state index contributed by atoms with van der Waals surface area (Å²) in [5.74, 6) is -2.64. The highest BCUT2D eigenvalue weighted by atomic mass is 32.2. The summed E-state index contributed by atoms with van der Waals surface area (Å²) in [5.41, 5.74) is 2.33. The van der Waals surface area contributed by atoms with Gasteiger partial charge in [-0.2, -0.15) is 4.99 Å². The molecule has 2 heterocycles. The summed E-state index contributed by atoms with van der Waals surface area (Å²) in [5, 5.41) is 12.7. The van der Waals surface area contributed by atoms with Crippen molar-refractivity contribution in [3.63, 3.8) is 0 Å². The summed E-state index contributed by atoms with van der Waals surface area (Å²) in [6.45, 7) is 5.42. The van der Waals surface area contributed by atoms with Gasteiger partial charge in [-0.3, -0.25) is 19.3 Å². The van der Waals surface area contributed by atoms with Gasteiger partial charge in [0.1, 0.15) is 17.1 Å². The lowest BCUT2D eigenvalue weighted by Crippen LogP contribution is -2.42. The first-order valence-electron chi connectivity index (χ1n) is 14.9. The Hall–Kier alpha value is -6.00. The fourth-order valence-corrected chi connectivity index (χ4v) is 5.80. The highest BCUT2D eigenvalue weighted by Crippen LogP contribution is 2.30. The number of carbonyl (C=O) groups is 4. The van der Waals surface area contributed by atoms with Crippen LogP contribution in [0.25, 0.3) is 17.4 Å². The Labute approximate surface area is 281 Å². The number of amides is 3. The van der Waals surface area contributed by atoms with Crippen LogP contribution in [0.3, 0.4) is 0 Å². The van der Waals surface area contributed by atoms with Crippen molar-refractivity contribution in [2.24, 2.45) is 4.99 Å². The van der Waals surface area contributed by atoms with Crippen molar-refractivity contribution in [2.75, 3.05) is 5.75 Å². The first kappa shape index (κ1) is 33.4. The van der Waals surface area contributed by atoms with Crippen molar-refractivity contribution in [1.29, 1.82) is 0 Å². The molecule has 0 fully saturated rings. The third-order valence-electron chi connectivity index (χ3n) is 7.25. The monoisotopic (exact) mass is 657 g/mol. The highest BCUT2D eigenvalue weighted by molar-refractivity contribution is 8.14. The summed E-state index contributed by atoms with van der Waals surface area (Å²) in [4.78, 5) is 57.8. The number of carboxylic acid groups (broad SMARTS) is 1. The van der Waals surface area contributed by atoms with Gasteiger partial charge in [0.05, 0.1) is 17.4 Å². The van der Waals surface area contributed by atoms with Gasteiger partial charge in [-0.05, 0) is 48.4 Å². The van der Waals surface area contributed by atoms with Crippen LogP contribution in [-0.2, 0) is 14.4 Å². The number of thioether (sulfide) groups is 1. The Kier molecular flexibility index (Phi) is 10.8. The summed E-state index contributed by atoms with van der Waals surface area (Å²) in [7, 11) is 0. The molecule has 1 aromatic heterocycles. The van der Waals surface area contributed by atoms with E-state index in [0.717, 1.165) is 22.9 Å². The molecule has 0 spiro atoms. The van der Waals surface area contributed by atoms with E-state index >= 15 is 0 Å². The summed E-state index contributed by atoms with van der Waals surface area (Å²) >= 11 is 0.960. The molecular weight excluding hydrogens is 626 g/mol. The average Bonchev–Trinajstić information content (AvgIpc) is 3.58. The van der Waals surface area contributed by atoms with Crippen molar-refractivity contribution < 1.29 is 28.7 Å². The maximum Gasteiger partial charge on any atom is 0.336 e. The van der Waals surface area contributed by atoms with Crippen LogP contribution in [0.2, 0.25) is 0 Å². The molecule has 3 aromatic carbocycles. The Morgan fingerprint density at radius 1 is 0.958 bits per heavy atom. The molecule has 240 valence electrons. The van der Waals surface area contributed by atoms with E-state index in [1.807, 2.05) is 60.7 Å². The van der Waals surface area contributed by atoms with Crippen molar-refractivity contribution in [2.45, 2.75) is 13.0 Å². The van der Waals surface area contributed by atoms with Crippen LogP contribution in [0.4, 0.5) is 0 Å². The zero-order chi connectivity index (χ0) is 34.0. The largest absolute Gasteiger partial charge is 0.478 e. The quantitative estimate of drug-likeness (QED) is 0.101. The second-order valence-electron chi connectivity index (χ2n) is 10.4. The first-order chi connectivity index (χ1) is 23.3. The number of carbonyl (C=O) groups excluding carboxylic acids is 3. The molecule has 0 aliphatic carbocycles. The number of rotatable bonds is 11. The van der Waals surface area contributed by atoms with Gasteiger partial charge in [0.25, 0.3) is 11.8 Å². The summed E-state index contributed by atoms with van der Waals surface area (Å²) in [6, 6.07) is 28.2. The van der Waals surface area contributed by atoms with Crippen molar-refractivity contribution in [1.82, 2.24) is 10.2 Å². The number of hydrogen-bond acceptors (Lipinski definition) is 6. The predicted octanol–water partition coefficient (Wildman–Crippen LogP) is 7.04. The molecule has 4 aromatic rings. The van der Waals surface area contributed by atoms with E-state index in [-0.39, 0.29) is 39.5 Å². The molecule has 0 radical (unpaired) electrons. The molecule has 0 unspecified atom stereocenters. The summed E-state index contributed by atoms with van der Waals surface area (Å²) in [6.07, 6.45) is 7.78. The van der Waals surface area contributed by atoms with E-state index in [1.54, 1.807) is 55.5 Å². The lowest BCUT2D eigenvalue weighted by molar-refractivity contribution is -0.126. The Morgan fingerprint density at radius 3 is 2.23 bits per heavy atom. The fourth-order valence-electron chi connectivity index (χ4n) is 5.00. The minimum atomic E-state index is -1.12. The van der Waals surface area contributed by atoms with Crippen LogP contribution < -0.4 is 5.32 Å². The molecule has 1 aliphatic heterocycles. The Bertz CT molecular complexity index is 1940. The molecule has 0 bridgehead atoms. The minimum absolute atomic E-state index is 0.0330. The molecule has 0 saturated heterocycles. The SMILES string of the molecule is C=C/C=C\C(=C/C)N1C(=O)/C(=C/c2ccc(-c3ccccc3C(=O)O)o2)C(=O)N=C1SCC(=O)NC(c1ccccc1)c1ccccc1. The zero-order valence-corrected chi connectivity index (χ0v) is 26.7. The van der Waals surface area contributed by atoms with Gasteiger partial charge in [-0.25, -0.2) is 4.79 Å². The van der Waals surface area contributed by atoms with E-state index < -0.39 is 23.8 Å². The first-order valence-corrected chi connectivity index (χ1v) is 15.9. The molecule has 1 aliphatic rings. The molecule has 0 atom stereocenters.